The molecule has 0 fully saturated rings. The van der Waals surface area contributed by atoms with Crippen LogP contribution in [0.25, 0.3) is 0 Å². The van der Waals surface area contributed by atoms with E-state index in [1.807, 2.05) is 134 Å². The standard InChI is InChI=1S/C28H19NO4S.C24H27NO5S.C21H17NO3S2.C19H17NO4S.C18H15NO4S/c30-26(22-16-18-24(19-17-22)34-23-14-8-3-9-15-23)25(20-10-4-1-5-11-20)29-33-28(32)27(31)21-12-6-2-7-13-21;1-3-4-5-9-12-21(22(26)19-13-15-20(16-14-19)31-17-29-2)25-30-24(28)23(27)18-10-7-6-8-11-18;1-2-26-17-12-10-16(11-13-17)20(23)19(15-7-4-3-5-8-15)22-25-21(24)18-9-6-14-27-18;1-3-23-13-18(21)24-20-14(2)19(22)15-9-11-17(12-10-15)25-16-7-5-4-6-8-16;1-12(16(20)14-8-10-15(24-2)11-9-14)19-23-18(22)17(21)13-6-4-3-5-7-13/h1-19H;6-8,10-11,13-16H,3-5,9,12,17H2,1-2H3;3-14H,2H2,1H3;3-12H,1,13H2,2H3;3-11H,1-2H3/b29-25+;25-21+;22-19+;20-14+;19-12+. The lowest BCUT2D eigenvalue weighted by Crippen LogP contribution is -2.20. The van der Waals surface area contributed by atoms with E-state index in [4.69, 9.17) is 19.2 Å². The molecule has 0 aliphatic heterocycles. The number of ether oxygens (including phenoxy) is 2. The van der Waals surface area contributed by atoms with Crippen LogP contribution in [-0.2, 0) is 52.8 Å². The van der Waals surface area contributed by atoms with Crippen LogP contribution >= 0.6 is 70.1 Å². The van der Waals surface area contributed by atoms with E-state index in [0.29, 0.717) is 56.2 Å². The first kappa shape index (κ1) is 109. The maximum Gasteiger partial charge on any atom is 0.405 e. The smallest absolute Gasteiger partial charge is 0.405 e. The highest BCUT2D eigenvalue weighted by Crippen LogP contribution is 2.31. The number of nitrogens with zero attached hydrogens (tertiary/aromatic N) is 5. The van der Waals surface area contributed by atoms with Gasteiger partial charge in [0.1, 0.15) is 22.0 Å². The molecule has 1 aromatic heterocycles. The number of methoxy groups -OCH3 is 1. The largest absolute Gasteiger partial charge is 0.490 e. The Bertz CT molecular complexity index is 6530. The molecule has 0 N–H and O–H groups in total. The summed E-state index contributed by atoms with van der Waals surface area (Å²) in [4.78, 5) is 191. The third kappa shape index (κ3) is 36.8. The van der Waals surface area contributed by atoms with Gasteiger partial charge >= 0.3 is 29.8 Å². The SMILES string of the molecule is C=COCC(=O)O/N=C(\C)C(=O)c1ccc(Sc2ccccc2)cc1.CCCCCC/C(=N\OC(=O)C(=O)c1ccccc1)C(=O)c1ccc(SCOC)cc1.CCSc1ccc(C(=O)/C(=N/OC(=O)c2cccs2)c2ccccc2)cc1.CSc1ccc(C(=O)/C(C)=N/OC(=O)C(=O)c2ccccc2)cc1.O=C(O/N=C(/C(=O)c1ccc(Sc2ccccc2)cc1)c1ccccc1)C(=O)c1ccccc1. The molecule has 0 amide bonds. The number of carbonyl (C=O) groups excluding carboxylic acids is 13. The van der Waals surface area contributed by atoms with Crippen molar-refractivity contribution in [3.8, 4) is 0 Å². The average Bonchev–Trinajstić information content (AvgIpc) is 0.837. The van der Waals surface area contributed by atoms with Crippen LogP contribution in [0.1, 0.15) is 163 Å². The van der Waals surface area contributed by atoms with Crippen LogP contribution in [0.3, 0.4) is 0 Å². The highest BCUT2D eigenvalue weighted by Gasteiger charge is 2.27. The summed E-state index contributed by atoms with van der Waals surface area (Å²) >= 11 is 9.22. The molecule has 0 radical (unpaired) electrons. The number of Topliss-reactive ketones (excluding diaryl/α,β-unsaturated/α-hetero) is 8. The molecule has 1 heterocycles. The fraction of sp³-hybridized carbons (Fsp3) is 0.127. The minimum atomic E-state index is -1.16. The first-order valence-corrected chi connectivity index (χ1v) is 49.2. The molecule has 0 spiro atoms. The van der Waals surface area contributed by atoms with Crippen molar-refractivity contribution in [1.29, 1.82) is 0 Å². The molecule has 141 heavy (non-hydrogen) atoms. The Morgan fingerprint density at radius 1 is 0.326 bits per heavy atom. The summed E-state index contributed by atoms with van der Waals surface area (Å²) in [5.74, 6) is -7.42. The van der Waals surface area contributed by atoms with Crippen molar-refractivity contribution in [3.63, 3.8) is 0 Å². The van der Waals surface area contributed by atoms with E-state index in [1.165, 1.54) is 73.3 Å². The van der Waals surface area contributed by atoms with Crippen LogP contribution < -0.4 is 0 Å². The van der Waals surface area contributed by atoms with E-state index in [2.05, 4.69) is 60.6 Å². The fourth-order valence-corrected chi connectivity index (χ4v) is 15.8. The zero-order valence-electron chi connectivity index (χ0n) is 77.3. The molecule has 716 valence electrons. The van der Waals surface area contributed by atoms with Gasteiger partial charge < -0.3 is 33.7 Å². The van der Waals surface area contributed by atoms with Crippen LogP contribution in [0, 0.1) is 0 Å². The van der Waals surface area contributed by atoms with Gasteiger partial charge in [-0.05, 0) is 196 Å². The van der Waals surface area contributed by atoms with Crippen molar-refractivity contribution in [3.05, 3.63) is 425 Å². The minimum Gasteiger partial charge on any atom is -0.490 e. The quantitative estimate of drug-likeness (QED) is 0.00395. The van der Waals surface area contributed by atoms with Crippen LogP contribution in [0.5, 0.6) is 0 Å². The first-order chi connectivity index (χ1) is 68.5. The van der Waals surface area contributed by atoms with Gasteiger partial charge in [0, 0.05) is 97.0 Å². The molecular formula is C110H95N5O20S6. The van der Waals surface area contributed by atoms with Crippen LogP contribution in [0.2, 0.25) is 0 Å². The van der Waals surface area contributed by atoms with Gasteiger partial charge in [0.25, 0.3) is 17.3 Å². The lowest BCUT2D eigenvalue weighted by molar-refractivity contribution is -0.147. The van der Waals surface area contributed by atoms with Crippen LogP contribution in [0.4, 0.5) is 0 Å². The van der Waals surface area contributed by atoms with Crippen molar-refractivity contribution < 1.29 is 96.0 Å². The monoisotopic (exact) mass is 2000 g/mol. The maximum atomic E-state index is 13.3. The lowest BCUT2D eigenvalue weighted by atomic mass is 10.0. The molecule has 0 bridgehead atoms. The molecule has 31 heteroatoms. The number of unbranched alkanes of at least 4 members (excludes halogenated alkanes) is 3. The van der Waals surface area contributed by atoms with E-state index in [9.17, 15) is 62.3 Å². The van der Waals surface area contributed by atoms with Crippen LogP contribution in [-0.4, -0.2) is 136 Å². The second-order valence-corrected chi connectivity index (χ2v) is 35.6. The molecule has 0 atom stereocenters. The van der Waals surface area contributed by atoms with Gasteiger partial charge in [-0.1, -0.05) is 295 Å². The number of benzene rings is 12. The molecule has 0 unspecified atom stereocenters. The van der Waals surface area contributed by atoms with Gasteiger partial charge in [0.05, 0.1) is 12.2 Å². The Morgan fingerprint density at radius 3 is 1.04 bits per heavy atom. The Balaban J connectivity index is 0.000000198. The number of rotatable bonds is 42. The van der Waals surface area contributed by atoms with E-state index < -0.39 is 53.0 Å². The zero-order chi connectivity index (χ0) is 101. The summed E-state index contributed by atoms with van der Waals surface area (Å²) in [5.41, 5.74) is 4.09. The number of hydrogen-bond donors (Lipinski definition) is 0. The predicted octanol–water partition coefficient (Wildman–Crippen LogP) is 24.0. The fourth-order valence-electron chi connectivity index (χ4n) is 11.9. The van der Waals surface area contributed by atoms with E-state index in [1.54, 1.807) is 242 Å². The van der Waals surface area contributed by atoms with E-state index in [-0.39, 0.29) is 75.0 Å². The Labute approximate surface area is 840 Å². The third-order valence-electron chi connectivity index (χ3n) is 19.1. The second kappa shape index (κ2) is 60.4. The number of ketones is 8. The number of carbonyl (C=O) groups is 13. The third-order valence-corrected chi connectivity index (χ3v) is 24.6. The summed E-state index contributed by atoms with van der Waals surface area (Å²) < 4.78 is 9.70. The van der Waals surface area contributed by atoms with E-state index in [0.717, 1.165) is 72.0 Å². The van der Waals surface area contributed by atoms with Crippen molar-refractivity contribution in [2.45, 2.75) is 94.1 Å². The molecule has 0 aliphatic rings. The highest BCUT2D eigenvalue weighted by molar-refractivity contribution is 8.00. The molecule has 0 saturated heterocycles. The minimum absolute atomic E-state index is 0.0129. The normalized spacial score (nSPS) is 11.1. The molecule has 12 aromatic carbocycles. The van der Waals surface area contributed by atoms with Crippen molar-refractivity contribution in [2.75, 3.05) is 31.7 Å². The van der Waals surface area contributed by atoms with Gasteiger partial charge in [0.15, 0.2) is 18.0 Å². The van der Waals surface area contributed by atoms with Gasteiger partial charge in [-0.15, -0.1) is 34.9 Å². The molecule has 25 nitrogen and oxygen atoms in total. The van der Waals surface area contributed by atoms with Crippen LogP contribution in [0.15, 0.2) is 424 Å². The van der Waals surface area contributed by atoms with Gasteiger partial charge in [-0.25, -0.2) is 24.0 Å². The molecule has 0 saturated carbocycles. The Hall–Kier alpha value is -15.4. The number of oxime groups is 5. The van der Waals surface area contributed by atoms with Crippen molar-refractivity contribution >= 4 is 175 Å². The van der Waals surface area contributed by atoms with Gasteiger partial charge in [-0.3, -0.25) is 38.4 Å². The molecule has 13 rings (SSSR count). The van der Waals surface area contributed by atoms with Crippen molar-refractivity contribution in [1.82, 2.24) is 0 Å². The molecular weight excluding hydrogens is 1900 g/mol. The summed E-state index contributed by atoms with van der Waals surface area (Å²) in [7, 11) is 1.62. The maximum absolute atomic E-state index is 13.3. The summed E-state index contributed by atoms with van der Waals surface area (Å²) in [6.07, 6.45) is 7.20. The zero-order valence-corrected chi connectivity index (χ0v) is 82.2. The lowest BCUT2D eigenvalue weighted by Gasteiger charge is -2.07. The Morgan fingerprint density at radius 2 is 0.660 bits per heavy atom. The topological polar surface area (TPSA) is 348 Å². The Kier molecular flexibility index (Phi) is 46.8. The summed E-state index contributed by atoms with van der Waals surface area (Å²) in [6.45, 7) is 10.1. The molecule has 0 aliphatic carbocycles. The number of thiophene rings is 1. The van der Waals surface area contributed by atoms with E-state index >= 15 is 0 Å². The summed E-state index contributed by atoms with van der Waals surface area (Å²) in [6, 6.07) is 101. The summed E-state index contributed by atoms with van der Waals surface area (Å²) in [5, 5.41) is 20.3. The van der Waals surface area contributed by atoms with Crippen molar-refractivity contribution in [2.24, 2.45) is 25.8 Å². The molecule has 13 aromatic rings. The number of hydrogen-bond acceptors (Lipinski definition) is 31. The predicted molar refractivity (Wildman–Crippen MR) is 552 cm³/mol. The van der Waals surface area contributed by atoms with Gasteiger partial charge in [0.2, 0.25) is 28.9 Å². The second-order valence-electron chi connectivity index (χ2n) is 29.1. The average molecular weight is 2000 g/mol. The highest BCUT2D eigenvalue weighted by atomic mass is 32.2. The first-order valence-electron chi connectivity index (χ1n) is 43.5. The number of thioether (sulfide) groups is 3. The van der Waals surface area contributed by atoms with Gasteiger partial charge in [-0.2, -0.15) is 0 Å².